The predicted molar refractivity (Wildman–Crippen MR) is 73.3 cm³/mol. The van der Waals surface area contributed by atoms with Gasteiger partial charge in [-0.2, -0.15) is 10.5 Å². The average Bonchev–Trinajstić information content (AvgIpc) is 3.12. The number of Topliss-reactive ketones (excluding diaryl/α,β-unsaturated/α-hetero) is 2. The highest BCUT2D eigenvalue weighted by Gasteiger charge is 2.84. The van der Waals surface area contributed by atoms with E-state index < -0.39 is 33.2 Å². The molecule has 0 bridgehead atoms. The Kier molecular flexibility index (Phi) is 3.31. The second-order valence-electron chi connectivity index (χ2n) is 5.23. The quantitative estimate of drug-likeness (QED) is 0.474. The minimum atomic E-state index is -1.76. The molecule has 22 heavy (non-hydrogen) atoms. The lowest BCUT2D eigenvalue weighted by molar-refractivity contribution is -0.384. The Morgan fingerprint density at radius 3 is 1.86 bits per heavy atom. The standard InChI is InChI=1S/C15H11N3O4/c1-9(19)15(10(2)20)13(14(15,7-16)8-17)11-3-5-12(6-4-11)18(21)22/h3-6,13H,1-2H3. The van der Waals surface area contributed by atoms with Crippen LogP contribution in [0.15, 0.2) is 24.3 Å². The summed E-state index contributed by atoms with van der Waals surface area (Å²) in [5.41, 5.74) is -3.23. The minimum absolute atomic E-state index is 0.153. The monoisotopic (exact) mass is 297 g/mol. The number of ketones is 2. The first-order chi connectivity index (χ1) is 10.3. The lowest BCUT2D eigenvalue weighted by Gasteiger charge is -2.09. The van der Waals surface area contributed by atoms with E-state index >= 15 is 0 Å². The summed E-state index contributed by atoms with van der Waals surface area (Å²) >= 11 is 0. The molecule has 1 saturated carbocycles. The van der Waals surface area contributed by atoms with Crippen LogP contribution in [0.4, 0.5) is 5.69 Å². The molecule has 1 aliphatic rings. The predicted octanol–water partition coefficient (Wildman–Crippen LogP) is 1.89. The SMILES string of the molecule is CC(=O)C1(C(C)=O)C(c2ccc([N+](=O)[O-])cc2)C1(C#N)C#N. The fourth-order valence-electron chi connectivity index (χ4n) is 3.30. The number of non-ortho nitro benzene ring substituents is 1. The molecule has 1 unspecified atom stereocenters. The van der Waals surface area contributed by atoms with Crippen molar-refractivity contribution in [3.63, 3.8) is 0 Å². The average molecular weight is 297 g/mol. The summed E-state index contributed by atoms with van der Waals surface area (Å²) in [6, 6.07) is 8.80. The van der Waals surface area contributed by atoms with Gasteiger partial charge in [0.2, 0.25) is 0 Å². The van der Waals surface area contributed by atoms with Crippen LogP contribution in [0.3, 0.4) is 0 Å². The molecule has 1 aromatic rings. The summed E-state index contributed by atoms with van der Waals surface area (Å²) in [4.78, 5) is 34.2. The summed E-state index contributed by atoms with van der Waals surface area (Å²) in [6.07, 6.45) is 0. The summed E-state index contributed by atoms with van der Waals surface area (Å²) in [6.45, 7) is 2.35. The van der Waals surface area contributed by atoms with E-state index in [0.717, 1.165) is 0 Å². The molecule has 0 saturated heterocycles. The summed E-state index contributed by atoms with van der Waals surface area (Å²) < 4.78 is 0. The molecule has 0 N–H and O–H groups in total. The number of nitrogens with zero attached hydrogens (tertiary/aromatic N) is 3. The Labute approximate surface area is 125 Å². The van der Waals surface area contributed by atoms with Crippen LogP contribution < -0.4 is 0 Å². The highest BCUT2D eigenvalue weighted by atomic mass is 16.6. The van der Waals surface area contributed by atoms with Gasteiger partial charge in [-0.15, -0.1) is 0 Å². The van der Waals surface area contributed by atoms with Crippen LogP contribution in [0.5, 0.6) is 0 Å². The minimum Gasteiger partial charge on any atom is -0.299 e. The molecule has 0 aliphatic heterocycles. The zero-order chi connectivity index (χ0) is 16.7. The van der Waals surface area contributed by atoms with Gasteiger partial charge < -0.3 is 0 Å². The van der Waals surface area contributed by atoms with Gasteiger partial charge in [0.25, 0.3) is 5.69 Å². The third kappa shape index (κ3) is 1.60. The highest BCUT2D eigenvalue weighted by molar-refractivity contribution is 6.13. The maximum Gasteiger partial charge on any atom is 0.269 e. The first-order valence-corrected chi connectivity index (χ1v) is 6.38. The van der Waals surface area contributed by atoms with E-state index in [1.54, 1.807) is 12.1 Å². The van der Waals surface area contributed by atoms with Gasteiger partial charge in [-0.3, -0.25) is 19.7 Å². The van der Waals surface area contributed by atoms with E-state index in [9.17, 15) is 30.2 Å². The van der Waals surface area contributed by atoms with Crippen molar-refractivity contribution >= 4 is 17.3 Å². The Balaban J connectivity index is 2.61. The molecule has 0 heterocycles. The molecular weight excluding hydrogens is 286 g/mol. The smallest absolute Gasteiger partial charge is 0.269 e. The van der Waals surface area contributed by atoms with Crippen molar-refractivity contribution in [1.29, 1.82) is 10.5 Å². The molecule has 1 atom stereocenters. The second kappa shape index (κ2) is 4.74. The summed E-state index contributed by atoms with van der Waals surface area (Å²) in [7, 11) is 0. The Morgan fingerprint density at radius 1 is 1.14 bits per heavy atom. The number of benzene rings is 1. The number of hydrogen-bond acceptors (Lipinski definition) is 6. The van der Waals surface area contributed by atoms with Crippen LogP contribution in [-0.4, -0.2) is 16.5 Å². The number of nitriles is 2. The number of hydrogen-bond donors (Lipinski definition) is 0. The van der Waals surface area contributed by atoms with Gasteiger partial charge in [0.15, 0.2) is 5.41 Å². The lowest BCUT2D eigenvalue weighted by Crippen LogP contribution is -2.28. The molecule has 1 fully saturated rings. The van der Waals surface area contributed by atoms with Gasteiger partial charge in [-0.05, 0) is 19.4 Å². The van der Waals surface area contributed by atoms with Crippen LogP contribution in [0, 0.1) is 43.6 Å². The van der Waals surface area contributed by atoms with Crippen molar-refractivity contribution in [2.75, 3.05) is 0 Å². The fourth-order valence-corrected chi connectivity index (χ4v) is 3.30. The van der Waals surface area contributed by atoms with Crippen molar-refractivity contribution < 1.29 is 14.5 Å². The number of carbonyl (C=O) groups excluding carboxylic acids is 2. The Morgan fingerprint density at radius 2 is 1.59 bits per heavy atom. The number of carbonyl (C=O) groups is 2. The number of rotatable bonds is 4. The third-order valence-corrected chi connectivity index (χ3v) is 4.31. The first kappa shape index (κ1) is 15.3. The Hall–Kier alpha value is -3.06. The molecule has 110 valence electrons. The lowest BCUT2D eigenvalue weighted by atomic mass is 9.87. The van der Waals surface area contributed by atoms with Gasteiger partial charge in [-0.25, -0.2) is 0 Å². The number of nitro groups is 1. The molecule has 1 aromatic carbocycles. The van der Waals surface area contributed by atoms with E-state index in [1.165, 1.54) is 38.1 Å². The second-order valence-corrected chi connectivity index (χ2v) is 5.23. The van der Waals surface area contributed by atoms with Gasteiger partial charge >= 0.3 is 0 Å². The van der Waals surface area contributed by atoms with Crippen molar-refractivity contribution in [2.45, 2.75) is 19.8 Å². The molecule has 0 radical (unpaired) electrons. The number of nitro benzene ring substituents is 1. The van der Waals surface area contributed by atoms with E-state index in [4.69, 9.17) is 0 Å². The van der Waals surface area contributed by atoms with E-state index in [0.29, 0.717) is 5.56 Å². The van der Waals surface area contributed by atoms with Crippen molar-refractivity contribution in [3.05, 3.63) is 39.9 Å². The molecular formula is C15H11N3O4. The zero-order valence-corrected chi connectivity index (χ0v) is 11.9. The van der Waals surface area contributed by atoms with Crippen LogP contribution >= 0.6 is 0 Å². The molecule has 2 rings (SSSR count). The fraction of sp³-hybridized carbons (Fsp3) is 0.333. The maximum atomic E-state index is 12.0. The van der Waals surface area contributed by atoms with E-state index in [-0.39, 0.29) is 5.69 Å². The van der Waals surface area contributed by atoms with Crippen molar-refractivity contribution in [3.8, 4) is 12.1 Å². The Bertz CT molecular complexity index is 739. The first-order valence-electron chi connectivity index (χ1n) is 6.38. The van der Waals surface area contributed by atoms with E-state index in [1.807, 2.05) is 0 Å². The van der Waals surface area contributed by atoms with Crippen LogP contribution in [0.1, 0.15) is 25.3 Å². The van der Waals surface area contributed by atoms with Crippen LogP contribution in [0.25, 0.3) is 0 Å². The van der Waals surface area contributed by atoms with Crippen LogP contribution in [0.2, 0.25) is 0 Å². The molecule has 7 heteroatoms. The molecule has 0 amide bonds. The largest absolute Gasteiger partial charge is 0.299 e. The summed E-state index contributed by atoms with van der Waals surface area (Å²) in [5, 5.41) is 29.4. The van der Waals surface area contributed by atoms with Crippen molar-refractivity contribution in [1.82, 2.24) is 0 Å². The molecule has 1 aliphatic carbocycles. The molecule has 0 aromatic heterocycles. The van der Waals surface area contributed by atoms with Gasteiger partial charge in [0.1, 0.15) is 17.0 Å². The zero-order valence-electron chi connectivity index (χ0n) is 11.9. The maximum absolute atomic E-state index is 12.0. The molecule has 0 spiro atoms. The van der Waals surface area contributed by atoms with Crippen molar-refractivity contribution in [2.24, 2.45) is 10.8 Å². The highest BCUT2D eigenvalue weighted by Crippen LogP contribution is 2.74. The topological polar surface area (TPSA) is 125 Å². The normalized spacial score (nSPS) is 20.3. The van der Waals surface area contributed by atoms with Gasteiger partial charge in [-0.1, -0.05) is 12.1 Å². The third-order valence-electron chi connectivity index (χ3n) is 4.31. The van der Waals surface area contributed by atoms with Crippen LogP contribution in [-0.2, 0) is 9.59 Å². The van der Waals surface area contributed by atoms with Gasteiger partial charge in [0.05, 0.1) is 17.1 Å². The van der Waals surface area contributed by atoms with E-state index in [2.05, 4.69) is 0 Å². The van der Waals surface area contributed by atoms with Gasteiger partial charge in [0, 0.05) is 18.1 Å². The summed E-state index contributed by atoms with van der Waals surface area (Å²) in [5.74, 6) is -2.01. The molecule has 7 nitrogen and oxygen atoms in total.